The Kier molecular flexibility index (Phi) is 5.40. The highest BCUT2D eigenvalue weighted by Crippen LogP contribution is 2.29. The van der Waals surface area contributed by atoms with Crippen LogP contribution in [-0.4, -0.2) is 12.1 Å². The van der Waals surface area contributed by atoms with Gasteiger partial charge in [-0.15, -0.1) is 0 Å². The lowest BCUT2D eigenvalue weighted by atomic mass is 9.96. The zero-order valence-corrected chi connectivity index (χ0v) is 12.5. The van der Waals surface area contributed by atoms with E-state index in [4.69, 9.17) is 4.74 Å². The van der Waals surface area contributed by atoms with Gasteiger partial charge in [-0.25, -0.2) is 4.79 Å². The highest BCUT2D eigenvalue weighted by atomic mass is 16.5. The highest BCUT2D eigenvalue weighted by Gasteiger charge is 2.26. The molecule has 0 saturated heterocycles. The van der Waals surface area contributed by atoms with Gasteiger partial charge in [-0.05, 0) is 25.3 Å². The molecule has 1 aliphatic rings. The molecule has 0 aliphatic carbocycles. The Morgan fingerprint density at radius 1 is 1.05 bits per heavy atom. The second-order valence-corrected chi connectivity index (χ2v) is 5.59. The molecule has 0 saturated carbocycles. The summed E-state index contributed by atoms with van der Waals surface area (Å²) in [5, 5.41) is 0. The lowest BCUT2D eigenvalue weighted by molar-refractivity contribution is -0.138. The number of hydrogen-bond donors (Lipinski definition) is 0. The van der Waals surface area contributed by atoms with E-state index in [1.54, 1.807) is 6.08 Å². The van der Waals surface area contributed by atoms with Crippen LogP contribution in [0.4, 0.5) is 0 Å². The highest BCUT2D eigenvalue weighted by molar-refractivity contribution is 5.97. The Morgan fingerprint density at radius 2 is 1.75 bits per heavy atom. The molecule has 1 aliphatic heterocycles. The van der Waals surface area contributed by atoms with E-state index in [9.17, 15) is 4.79 Å². The summed E-state index contributed by atoms with van der Waals surface area (Å²) >= 11 is 0. The fraction of sp³-hybridized carbons (Fsp3) is 0.500. The first-order chi connectivity index (χ1) is 9.70. The Morgan fingerprint density at radius 3 is 2.45 bits per heavy atom. The number of ether oxygens (including phenoxy) is 1. The number of carbonyl (C=O) groups is 1. The van der Waals surface area contributed by atoms with E-state index >= 15 is 0 Å². The summed E-state index contributed by atoms with van der Waals surface area (Å²) < 4.78 is 5.43. The first kappa shape index (κ1) is 14.8. The van der Waals surface area contributed by atoms with Crippen LogP contribution < -0.4 is 0 Å². The van der Waals surface area contributed by atoms with Gasteiger partial charge < -0.3 is 4.74 Å². The lowest BCUT2D eigenvalue weighted by Gasteiger charge is -2.14. The number of hydrogen-bond acceptors (Lipinski definition) is 2. The van der Waals surface area contributed by atoms with Crippen molar-refractivity contribution in [2.45, 2.75) is 58.5 Å². The van der Waals surface area contributed by atoms with Crippen LogP contribution in [-0.2, 0) is 9.53 Å². The molecular formula is C18H24O2. The van der Waals surface area contributed by atoms with Gasteiger partial charge in [-0.1, -0.05) is 62.4 Å². The Balaban J connectivity index is 1.94. The second-order valence-electron chi connectivity index (χ2n) is 5.59. The van der Waals surface area contributed by atoms with Crippen LogP contribution in [0, 0.1) is 6.92 Å². The smallest absolute Gasteiger partial charge is 0.331 e. The first-order valence-electron chi connectivity index (χ1n) is 7.70. The maximum absolute atomic E-state index is 11.5. The summed E-state index contributed by atoms with van der Waals surface area (Å²) in [6.07, 6.45) is 8.73. The van der Waals surface area contributed by atoms with E-state index in [1.807, 2.05) is 0 Å². The molecule has 0 bridgehead atoms. The van der Waals surface area contributed by atoms with Gasteiger partial charge in [0.2, 0.25) is 0 Å². The predicted octanol–water partition coefficient (Wildman–Crippen LogP) is 4.66. The third-order valence-corrected chi connectivity index (χ3v) is 3.83. The number of unbranched alkanes of at least 4 members (excludes halogenated alkanes) is 4. The number of rotatable bonds is 7. The van der Waals surface area contributed by atoms with Crippen LogP contribution in [0.3, 0.4) is 0 Å². The largest absolute Gasteiger partial charge is 0.454 e. The van der Waals surface area contributed by atoms with Gasteiger partial charge >= 0.3 is 5.97 Å². The fourth-order valence-corrected chi connectivity index (χ4v) is 2.62. The molecule has 108 valence electrons. The molecule has 1 aromatic rings. The molecule has 2 nitrogen and oxygen atoms in total. The molecule has 0 fully saturated rings. The minimum absolute atomic E-state index is 0.0492. The molecule has 0 N–H and O–H groups in total. The van der Waals surface area contributed by atoms with Crippen molar-refractivity contribution >= 4 is 11.5 Å². The van der Waals surface area contributed by atoms with Gasteiger partial charge in [0.15, 0.2) is 0 Å². The van der Waals surface area contributed by atoms with Crippen molar-refractivity contribution in [3.63, 3.8) is 0 Å². The number of esters is 1. The van der Waals surface area contributed by atoms with Crippen LogP contribution in [0.2, 0.25) is 0 Å². The van der Waals surface area contributed by atoms with Gasteiger partial charge in [0.25, 0.3) is 0 Å². The summed E-state index contributed by atoms with van der Waals surface area (Å²) in [7, 11) is 0. The third-order valence-electron chi connectivity index (χ3n) is 3.83. The van der Waals surface area contributed by atoms with Crippen LogP contribution in [0.1, 0.15) is 56.6 Å². The number of carbonyl (C=O) groups excluding carboxylic acids is 1. The summed E-state index contributed by atoms with van der Waals surface area (Å²) in [5.41, 5.74) is 3.39. The van der Waals surface area contributed by atoms with E-state index in [-0.39, 0.29) is 12.1 Å². The molecule has 20 heavy (non-hydrogen) atoms. The van der Waals surface area contributed by atoms with Gasteiger partial charge in [-0.2, -0.15) is 0 Å². The van der Waals surface area contributed by atoms with E-state index in [0.29, 0.717) is 0 Å². The van der Waals surface area contributed by atoms with Gasteiger partial charge in [-0.3, -0.25) is 0 Å². The van der Waals surface area contributed by atoms with Crippen molar-refractivity contribution in [2.24, 2.45) is 0 Å². The lowest BCUT2D eigenvalue weighted by Crippen LogP contribution is -2.11. The van der Waals surface area contributed by atoms with Crippen molar-refractivity contribution in [3.05, 3.63) is 41.5 Å². The third kappa shape index (κ3) is 3.96. The molecular weight excluding hydrogens is 248 g/mol. The summed E-state index contributed by atoms with van der Waals surface area (Å²) in [6.45, 7) is 4.29. The summed E-state index contributed by atoms with van der Waals surface area (Å²) in [4.78, 5) is 11.5. The second kappa shape index (κ2) is 7.28. The minimum atomic E-state index is -0.195. The molecule has 1 heterocycles. The number of aryl methyl sites for hydroxylation is 1. The van der Waals surface area contributed by atoms with E-state index in [1.165, 1.54) is 31.2 Å². The first-order valence-corrected chi connectivity index (χ1v) is 7.70. The molecule has 2 rings (SSSR count). The molecule has 0 spiro atoms. The van der Waals surface area contributed by atoms with Crippen LogP contribution in [0.15, 0.2) is 30.3 Å². The molecule has 1 aromatic carbocycles. The molecule has 2 heteroatoms. The van der Waals surface area contributed by atoms with Gasteiger partial charge in [0, 0.05) is 11.6 Å². The van der Waals surface area contributed by atoms with Crippen molar-refractivity contribution in [1.82, 2.24) is 0 Å². The van der Waals surface area contributed by atoms with Crippen LogP contribution >= 0.6 is 0 Å². The number of benzene rings is 1. The predicted molar refractivity (Wildman–Crippen MR) is 82.4 cm³/mol. The molecule has 1 atom stereocenters. The topological polar surface area (TPSA) is 26.3 Å². The molecule has 0 aromatic heterocycles. The quantitative estimate of drug-likeness (QED) is 0.533. The molecule has 0 radical (unpaired) electrons. The maximum Gasteiger partial charge on any atom is 0.331 e. The average molecular weight is 272 g/mol. The Hall–Kier alpha value is -1.57. The van der Waals surface area contributed by atoms with E-state index in [0.717, 1.165) is 24.0 Å². The van der Waals surface area contributed by atoms with Crippen molar-refractivity contribution in [1.29, 1.82) is 0 Å². The molecule has 0 amide bonds. The zero-order chi connectivity index (χ0) is 14.4. The Labute approximate surface area is 121 Å². The van der Waals surface area contributed by atoms with Gasteiger partial charge in [0.05, 0.1) is 0 Å². The van der Waals surface area contributed by atoms with Gasteiger partial charge in [0.1, 0.15) is 6.10 Å². The maximum atomic E-state index is 11.5. The number of cyclic esters (lactones) is 1. The zero-order valence-electron chi connectivity index (χ0n) is 12.5. The fourth-order valence-electron chi connectivity index (χ4n) is 2.62. The monoisotopic (exact) mass is 272 g/mol. The van der Waals surface area contributed by atoms with Crippen LogP contribution in [0.25, 0.3) is 5.57 Å². The Bertz CT molecular complexity index is 471. The van der Waals surface area contributed by atoms with Crippen molar-refractivity contribution in [3.8, 4) is 0 Å². The summed E-state index contributed by atoms with van der Waals surface area (Å²) in [5.74, 6) is -0.195. The summed E-state index contributed by atoms with van der Waals surface area (Å²) in [6, 6.07) is 8.31. The van der Waals surface area contributed by atoms with Crippen LogP contribution in [0.5, 0.6) is 0 Å². The standard InChI is InChI=1S/C18H24O2/c1-3-4-5-6-7-8-17-16(13-18(19)20-17)15-11-9-14(2)10-12-15/h9-13,17H,3-8H2,1-2H3/t17-/m1/s1. The van der Waals surface area contributed by atoms with E-state index in [2.05, 4.69) is 38.1 Å². The molecule has 0 unspecified atom stereocenters. The average Bonchev–Trinajstić information content (AvgIpc) is 2.80. The van der Waals surface area contributed by atoms with E-state index < -0.39 is 0 Å². The minimum Gasteiger partial charge on any atom is -0.454 e. The van der Waals surface area contributed by atoms with Crippen molar-refractivity contribution in [2.75, 3.05) is 0 Å². The normalized spacial score (nSPS) is 18.0. The van der Waals surface area contributed by atoms with Crippen molar-refractivity contribution < 1.29 is 9.53 Å². The SMILES string of the molecule is CCCCCCC[C@H]1OC(=O)C=C1c1ccc(C)cc1.